The van der Waals surface area contributed by atoms with Gasteiger partial charge in [-0.1, -0.05) is 35.5 Å². The number of carbonyl (C=O) groups excluding carboxylic acids is 1. The molecule has 2 aromatic carbocycles. The summed E-state index contributed by atoms with van der Waals surface area (Å²) >= 11 is 0. The van der Waals surface area contributed by atoms with Crippen LogP contribution in [-0.4, -0.2) is 40.6 Å². The van der Waals surface area contributed by atoms with Gasteiger partial charge in [0, 0.05) is 36.7 Å². The molecule has 0 saturated heterocycles. The minimum absolute atomic E-state index is 0. The minimum Gasteiger partial charge on any atom is -0.337 e. The molecule has 1 saturated carbocycles. The van der Waals surface area contributed by atoms with E-state index in [0.717, 1.165) is 30.7 Å². The van der Waals surface area contributed by atoms with E-state index in [0.29, 0.717) is 37.0 Å². The van der Waals surface area contributed by atoms with Gasteiger partial charge in [-0.15, -0.1) is 12.4 Å². The molecule has 0 aliphatic heterocycles. The lowest BCUT2D eigenvalue weighted by atomic mass is 10.1. The van der Waals surface area contributed by atoms with E-state index in [1.807, 2.05) is 42.5 Å². The van der Waals surface area contributed by atoms with Crippen molar-refractivity contribution < 1.29 is 9.32 Å². The smallest absolute Gasteiger partial charge is 0.257 e. The second-order valence-electron chi connectivity index (χ2n) is 7.13. The van der Waals surface area contributed by atoms with E-state index in [9.17, 15) is 4.79 Å². The topological polar surface area (TPSA) is 85.2 Å². The predicted molar refractivity (Wildman–Crippen MR) is 114 cm³/mol. The Morgan fingerprint density at radius 2 is 1.79 bits per heavy atom. The van der Waals surface area contributed by atoms with Crippen LogP contribution in [0, 0.1) is 0 Å². The Hall–Kier alpha value is -2.70. The molecule has 1 fully saturated rings. The van der Waals surface area contributed by atoms with Crippen LogP contribution in [0.4, 0.5) is 0 Å². The van der Waals surface area contributed by atoms with Gasteiger partial charge < -0.3 is 15.2 Å². The second-order valence-corrected chi connectivity index (χ2v) is 7.13. The fourth-order valence-corrected chi connectivity index (χ4v) is 3.18. The zero-order valence-electron chi connectivity index (χ0n) is 16.2. The Bertz CT molecular complexity index is 924. The molecule has 6 nitrogen and oxygen atoms in total. The first-order chi connectivity index (χ1) is 13.7. The van der Waals surface area contributed by atoms with Crippen molar-refractivity contribution in [2.75, 3.05) is 19.6 Å². The minimum atomic E-state index is -0.0165. The number of hydrogen-bond donors (Lipinski definition) is 1. The maximum Gasteiger partial charge on any atom is 0.257 e. The number of rotatable bonds is 8. The fraction of sp³-hybridized carbons (Fsp3) is 0.318. The lowest BCUT2D eigenvalue weighted by Crippen LogP contribution is -2.36. The Labute approximate surface area is 176 Å². The summed E-state index contributed by atoms with van der Waals surface area (Å²) < 4.78 is 5.35. The van der Waals surface area contributed by atoms with Crippen molar-refractivity contribution in [1.29, 1.82) is 0 Å². The third kappa shape index (κ3) is 5.22. The van der Waals surface area contributed by atoms with Gasteiger partial charge in [-0.05, 0) is 49.1 Å². The monoisotopic (exact) mass is 412 g/mol. The van der Waals surface area contributed by atoms with E-state index in [2.05, 4.69) is 22.3 Å². The third-order valence-electron chi connectivity index (χ3n) is 4.96. The van der Waals surface area contributed by atoms with Gasteiger partial charge in [0.05, 0.1) is 0 Å². The first-order valence-corrected chi connectivity index (χ1v) is 9.72. The van der Waals surface area contributed by atoms with E-state index in [4.69, 9.17) is 10.3 Å². The molecule has 0 radical (unpaired) electrons. The number of benzene rings is 2. The summed E-state index contributed by atoms with van der Waals surface area (Å²) in [5.41, 5.74) is 8.39. The Kier molecular flexibility index (Phi) is 7.01. The molecule has 0 bridgehead atoms. The molecule has 1 amide bonds. The summed E-state index contributed by atoms with van der Waals surface area (Å²) in [5, 5.41) is 4.04. The zero-order valence-corrected chi connectivity index (χ0v) is 17.0. The molecule has 3 aromatic rings. The van der Waals surface area contributed by atoms with Gasteiger partial charge in [0.25, 0.3) is 11.8 Å². The summed E-state index contributed by atoms with van der Waals surface area (Å²) in [4.78, 5) is 19.2. The van der Waals surface area contributed by atoms with E-state index >= 15 is 0 Å². The van der Waals surface area contributed by atoms with Crippen LogP contribution in [0.3, 0.4) is 0 Å². The average Bonchev–Trinajstić information content (AvgIpc) is 3.48. The molecule has 4 rings (SSSR count). The number of halogens is 1. The van der Waals surface area contributed by atoms with Gasteiger partial charge in [-0.3, -0.25) is 4.79 Å². The Balaban J connectivity index is 0.00000240. The fourth-order valence-electron chi connectivity index (χ4n) is 3.18. The Morgan fingerprint density at radius 3 is 2.45 bits per heavy atom. The van der Waals surface area contributed by atoms with Crippen LogP contribution in [-0.2, 0) is 6.42 Å². The van der Waals surface area contributed by atoms with Crippen LogP contribution in [0.1, 0.15) is 40.5 Å². The number of aromatic nitrogens is 2. The highest BCUT2D eigenvalue weighted by molar-refractivity contribution is 5.94. The SMILES string of the molecule is Cl.NCCN(CCc1ccccc1)C(=O)c1ccc(-c2nc(C3CC3)no2)cc1. The standard InChI is InChI=1S/C22H24N4O2.ClH/c23-13-15-26(14-12-16-4-2-1-3-5-16)22(27)19-10-8-18(9-11-19)21-24-20(25-28-21)17-6-7-17;/h1-5,8-11,17H,6-7,12-15,23H2;1H. The summed E-state index contributed by atoms with van der Waals surface area (Å²) in [5.74, 6) is 1.72. The highest BCUT2D eigenvalue weighted by atomic mass is 35.5. The Morgan fingerprint density at radius 1 is 1.07 bits per heavy atom. The lowest BCUT2D eigenvalue weighted by molar-refractivity contribution is 0.0762. The number of nitrogens with two attached hydrogens (primary N) is 1. The molecule has 1 heterocycles. The number of nitrogens with zero attached hydrogens (tertiary/aromatic N) is 3. The van der Waals surface area contributed by atoms with Gasteiger partial charge in [0.2, 0.25) is 0 Å². The van der Waals surface area contributed by atoms with Crippen molar-refractivity contribution in [3.05, 3.63) is 71.5 Å². The molecule has 7 heteroatoms. The first kappa shape index (κ1) is 21.0. The second kappa shape index (κ2) is 9.67. The third-order valence-corrected chi connectivity index (χ3v) is 4.96. The number of carbonyl (C=O) groups is 1. The molecule has 0 spiro atoms. The van der Waals surface area contributed by atoms with Crippen molar-refractivity contribution in [3.63, 3.8) is 0 Å². The van der Waals surface area contributed by atoms with Crippen LogP contribution in [0.25, 0.3) is 11.5 Å². The zero-order chi connectivity index (χ0) is 19.3. The van der Waals surface area contributed by atoms with Gasteiger partial charge in [-0.25, -0.2) is 0 Å². The normalized spacial score (nSPS) is 13.0. The van der Waals surface area contributed by atoms with Crippen molar-refractivity contribution in [3.8, 4) is 11.5 Å². The summed E-state index contributed by atoms with van der Waals surface area (Å²) in [7, 11) is 0. The van der Waals surface area contributed by atoms with Crippen LogP contribution in [0.5, 0.6) is 0 Å². The van der Waals surface area contributed by atoms with E-state index in [1.165, 1.54) is 5.56 Å². The van der Waals surface area contributed by atoms with E-state index < -0.39 is 0 Å². The molecule has 0 unspecified atom stereocenters. The van der Waals surface area contributed by atoms with Gasteiger partial charge in [-0.2, -0.15) is 4.98 Å². The molecular weight excluding hydrogens is 388 g/mol. The predicted octanol–water partition coefficient (Wildman–Crippen LogP) is 3.68. The van der Waals surface area contributed by atoms with Crippen molar-refractivity contribution in [2.24, 2.45) is 5.73 Å². The van der Waals surface area contributed by atoms with Crippen LogP contribution < -0.4 is 5.73 Å². The van der Waals surface area contributed by atoms with Crippen LogP contribution >= 0.6 is 12.4 Å². The van der Waals surface area contributed by atoms with E-state index in [-0.39, 0.29) is 18.3 Å². The largest absolute Gasteiger partial charge is 0.337 e. The maximum absolute atomic E-state index is 12.9. The molecule has 152 valence electrons. The molecule has 0 atom stereocenters. The van der Waals surface area contributed by atoms with Crippen LogP contribution in [0.15, 0.2) is 59.1 Å². The van der Waals surface area contributed by atoms with Gasteiger partial charge in [0.1, 0.15) is 0 Å². The number of hydrogen-bond acceptors (Lipinski definition) is 5. The molecule has 1 aliphatic rings. The van der Waals surface area contributed by atoms with Crippen molar-refractivity contribution in [2.45, 2.75) is 25.2 Å². The summed E-state index contributed by atoms with van der Waals surface area (Å²) in [6.45, 7) is 1.60. The average molecular weight is 413 g/mol. The van der Waals surface area contributed by atoms with Gasteiger partial charge in [0.15, 0.2) is 5.82 Å². The summed E-state index contributed by atoms with van der Waals surface area (Å²) in [6.07, 6.45) is 3.06. The van der Waals surface area contributed by atoms with Gasteiger partial charge >= 0.3 is 0 Å². The summed E-state index contributed by atoms with van der Waals surface area (Å²) in [6, 6.07) is 17.5. The van der Waals surface area contributed by atoms with E-state index in [1.54, 1.807) is 4.90 Å². The highest BCUT2D eigenvalue weighted by Gasteiger charge is 2.29. The highest BCUT2D eigenvalue weighted by Crippen LogP contribution is 2.38. The molecule has 1 aromatic heterocycles. The lowest BCUT2D eigenvalue weighted by Gasteiger charge is -2.22. The van der Waals surface area contributed by atoms with Crippen molar-refractivity contribution >= 4 is 18.3 Å². The van der Waals surface area contributed by atoms with Crippen LogP contribution in [0.2, 0.25) is 0 Å². The van der Waals surface area contributed by atoms with Crippen molar-refractivity contribution in [1.82, 2.24) is 15.0 Å². The molecule has 2 N–H and O–H groups in total. The quantitative estimate of drug-likeness (QED) is 0.610. The number of amides is 1. The first-order valence-electron chi connectivity index (χ1n) is 9.72. The molecule has 1 aliphatic carbocycles. The molecule has 29 heavy (non-hydrogen) atoms. The molecular formula is C22H25ClN4O2. The maximum atomic E-state index is 12.9.